The van der Waals surface area contributed by atoms with Crippen LogP contribution in [0.1, 0.15) is 21.1 Å². The second kappa shape index (κ2) is 5.44. The molecule has 2 aromatic heterocycles. The molecule has 0 radical (unpaired) electrons. The van der Waals surface area contributed by atoms with Gasteiger partial charge in [-0.1, -0.05) is 5.10 Å². The van der Waals surface area contributed by atoms with Gasteiger partial charge in [0.15, 0.2) is 0 Å². The summed E-state index contributed by atoms with van der Waals surface area (Å²) in [6, 6.07) is 1.60. The average Bonchev–Trinajstić information content (AvgIpc) is 2.95. The lowest BCUT2D eigenvalue weighted by Gasteiger charge is -1.95. The molecule has 2 heterocycles. The molecule has 19 heavy (non-hydrogen) atoms. The molecule has 0 spiro atoms. The van der Waals surface area contributed by atoms with Gasteiger partial charge < -0.3 is 9.52 Å². The minimum atomic E-state index is -1.04. The molecule has 2 rings (SSSR count). The molecule has 0 aliphatic rings. The molecule has 0 bridgehead atoms. The van der Waals surface area contributed by atoms with Gasteiger partial charge in [0.25, 0.3) is 5.91 Å². The molecule has 2 aromatic rings. The molecular formula is C11H9N3O4S. The van der Waals surface area contributed by atoms with E-state index in [-0.39, 0.29) is 6.01 Å². The van der Waals surface area contributed by atoms with Crippen LogP contribution in [0.15, 0.2) is 21.9 Å². The van der Waals surface area contributed by atoms with E-state index in [0.717, 1.165) is 6.08 Å². The number of nitrogens with zero attached hydrogens (tertiary/aromatic N) is 2. The van der Waals surface area contributed by atoms with Crippen LogP contribution in [0.3, 0.4) is 0 Å². The zero-order valence-electron chi connectivity index (χ0n) is 9.78. The highest BCUT2D eigenvalue weighted by Gasteiger charge is 2.11. The van der Waals surface area contributed by atoms with Crippen molar-refractivity contribution in [2.75, 3.05) is 5.32 Å². The maximum Gasteiger partial charge on any atom is 0.328 e. The maximum atomic E-state index is 11.8. The largest absolute Gasteiger partial charge is 0.478 e. The van der Waals surface area contributed by atoms with Crippen molar-refractivity contribution in [1.82, 2.24) is 10.2 Å². The summed E-state index contributed by atoms with van der Waals surface area (Å²) in [5.41, 5.74) is 0.394. The van der Waals surface area contributed by atoms with Gasteiger partial charge in [0, 0.05) is 23.3 Å². The van der Waals surface area contributed by atoms with Crippen LogP contribution in [0.25, 0.3) is 6.08 Å². The van der Waals surface area contributed by atoms with Crippen molar-refractivity contribution in [3.05, 3.63) is 33.9 Å². The number of thiophene rings is 1. The minimum Gasteiger partial charge on any atom is -0.478 e. The molecule has 0 saturated carbocycles. The summed E-state index contributed by atoms with van der Waals surface area (Å²) < 4.78 is 5.02. The Morgan fingerprint density at radius 2 is 2.26 bits per heavy atom. The molecule has 8 heteroatoms. The number of hydrogen-bond acceptors (Lipinski definition) is 6. The van der Waals surface area contributed by atoms with Crippen LogP contribution >= 0.6 is 11.3 Å². The van der Waals surface area contributed by atoms with Gasteiger partial charge in [-0.05, 0) is 12.1 Å². The normalized spacial score (nSPS) is 10.8. The molecule has 0 saturated heterocycles. The van der Waals surface area contributed by atoms with Crippen molar-refractivity contribution in [3.63, 3.8) is 0 Å². The molecule has 0 aromatic carbocycles. The lowest BCUT2D eigenvalue weighted by atomic mass is 10.3. The number of anilines is 1. The van der Waals surface area contributed by atoms with Crippen LogP contribution in [0.5, 0.6) is 0 Å². The monoisotopic (exact) mass is 279 g/mol. The molecule has 0 aliphatic heterocycles. The summed E-state index contributed by atoms with van der Waals surface area (Å²) >= 11 is 1.26. The number of hydrogen-bond donors (Lipinski definition) is 2. The number of amides is 1. The number of carbonyl (C=O) groups is 2. The number of nitrogens with one attached hydrogen (secondary N) is 1. The zero-order chi connectivity index (χ0) is 13.8. The van der Waals surface area contributed by atoms with E-state index in [4.69, 9.17) is 9.52 Å². The zero-order valence-corrected chi connectivity index (χ0v) is 10.6. The fraction of sp³-hybridized carbons (Fsp3) is 0.0909. The third-order valence-electron chi connectivity index (χ3n) is 2.02. The molecule has 0 fully saturated rings. The third-order valence-corrected chi connectivity index (χ3v) is 2.92. The van der Waals surface area contributed by atoms with E-state index in [1.807, 2.05) is 0 Å². The third kappa shape index (κ3) is 3.49. The quantitative estimate of drug-likeness (QED) is 0.826. The van der Waals surface area contributed by atoms with E-state index in [2.05, 4.69) is 15.5 Å². The predicted molar refractivity (Wildman–Crippen MR) is 68.0 cm³/mol. The predicted octanol–water partition coefficient (Wildman–Crippen LogP) is 1.79. The fourth-order valence-electron chi connectivity index (χ4n) is 1.23. The van der Waals surface area contributed by atoms with Crippen molar-refractivity contribution in [2.45, 2.75) is 6.92 Å². The number of aryl methyl sites for hydroxylation is 1. The molecule has 98 valence electrons. The summed E-state index contributed by atoms with van der Waals surface area (Å²) in [6.07, 6.45) is 2.43. The first-order chi connectivity index (χ1) is 9.04. The van der Waals surface area contributed by atoms with Crippen molar-refractivity contribution >= 4 is 35.3 Å². The summed E-state index contributed by atoms with van der Waals surface area (Å²) in [5, 5.41) is 19.8. The Kier molecular flexibility index (Phi) is 3.71. The highest BCUT2D eigenvalue weighted by atomic mass is 32.1. The van der Waals surface area contributed by atoms with Crippen LogP contribution in [0, 0.1) is 6.92 Å². The van der Waals surface area contributed by atoms with Gasteiger partial charge in [-0.25, -0.2) is 4.79 Å². The van der Waals surface area contributed by atoms with Crippen molar-refractivity contribution in [2.24, 2.45) is 0 Å². The highest BCUT2D eigenvalue weighted by Crippen LogP contribution is 2.17. The second-order valence-corrected chi connectivity index (χ2v) is 4.43. The van der Waals surface area contributed by atoms with Gasteiger partial charge in [-0.3, -0.25) is 10.1 Å². The van der Waals surface area contributed by atoms with E-state index >= 15 is 0 Å². The minimum absolute atomic E-state index is 0.0244. The van der Waals surface area contributed by atoms with Gasteiger partial charge in [-0.2, -0.15) is 0 Å². The first-order valence-corrected chi connectivity index (χ1v) is 6.03. The number of carbonyl (C=O) groups excluding carboxylic acids is 1. The van der Waals surface area contributed by atoms with Crippen molar-refractivity contribution < 1.29 is 19.1 Å². The van der Waals surface area contributed by atoms with Crippen LogP contribution in [-0.2, 0) is 4.79 Å². The molecule has 7 nitrogen and oxygen atoms in total. The fourth-order valence-corrected chi connectivity index (χ4v) is 2.01. The van der Waals surface area contributed by atoms with Crippen LogP contribution < -0.4 is 5.32 Å². The summed E-state index contributed by atoms with van der Waals surface area (Å²) in [7, 11) is 0. The van der Waals surface area contributed by atoms with Gasteiger partial charge in [-0.15, -0.1) is 16.4 Å². The standard InChI is InChI=1S/C11H9N3O4S/c1-6-13-14-11(18-6)12-10(17)7-4-8(19-5-7)2-3-9(15)16/h2-5H,1H3,(H,15,16)(H,12,14,17)/b3-2+. The van der Waals surface area contributed by atoms with Crippen LogP contribution in [0.2, 0.25) is 0 Å². The smallest absolute Gasteiger partial charge is 0.328 e. The SMILES string of the molecule is Cc1nnc(NC(=O)c2csc(/C=C/C(=O)O)c2)o1. The number of aliphatic carboxylic acids is 1. The molecule has 0 aliphatic carbocycles. The maximum absolute atomic E-state index is 11.8. The Labute approximate surface area is 111 Å². The van der Waals surface area contributed by atoms with Crippen LogP contribution in [0.4, 0.5) is 6.01 Å². The van der Waals surface area contributed by atoms with E-state index in [9.17, 15) is 9.59 Å². The molecule has 2 N–H and O–H groups in total. The van der Waals surface area contributed by atoms with Gasteiger partial charge in [0.2, 0.25) is 5.89 Å². The van der Waals surface area contributed by atoms with E-state index in [1.165, 1.54) is 17.4 Å². The topological polar surface area (TPSA) is 105 Å². The Hall–Kier alpha value is -2.48. The van der Waals surface area contributed by atoms with Crippen molar-refractivity contribution in [3.8, 4) is 0 Å². The molecule has 1 amide bonds. The molecular weight excluding hydrogens is 270 g/mol. The first kappa shape index (κ1) is 13.0. The first-order valence-electron chi connectivity index (χ1n) is 5.15. The lowest BCUT2D eigenvalue weighted by Crippen LogP contribution is -2.10. The van der Waals surface area contributed by atoms with E-state index in [1.54, 1.807) is 18.4 Å². The van der Waals surface area contributed by atoms with Crippen molar-refractivity contribution in [1.29, 1.82) is 0 Å². The lowest BCUT2D eigenvalue weighted by molar-refractivity contribution is -0.131. The van der Waals surface area contributed by atoms with Gasteiger partial charge in [0.05, 0.1) is 5.56 Å². The second-order valence-electron chi connectivity index (χ2n) is 3.49. The summed E-state index contributed by atoms with van der Waals surface area (Å²) in [6.45, 7) is 1.61. The number of carboxylic acid groups (broad SMARTS) is 1. The average molecular weight is 279 g/mol. The Balaban J connectivity index is 2.06. The van der Waals surface area contributed by atoms with E-state index < -0.39 is 11.9 Å². The summed E-state index contributed by atoms with van der Waals surface area (Å²) in [4.78, 5) is 22.8. The van der Waals surface area contributed by atoms with Gasteiger partial charge >= 0.3 is 12.0 Å². The van der Waals surface area contributed by atoms with Crippen LogP contribution in [-0.4, -0.2) is 27.2 Å². The molecule has 0 atom stereocenters. The number of aromatic nitrogens is 2. The highest BCUT2D eigenvalue weighted by molar-refractivity contribution is 7.11. The Morgan fingerprint density at radius 1 is 1.47 bits per heavy atom. The number of rotatable bonds is 4. The number of carboxylic acids is 1. The molecule has 0 unspecified atom stereocenters. The Morgan fingerprint density at radius 3 is 2.89 bits per heavy atom. The summed E-state index contributed by atoms with van der Waals surface area (Å²) in [5.74, 6) is -1.08. The Bertz CT molecular complexity index is 644. The van der Waals surface area contributed by atoms with Gasteiger partial charge in [0.1, 0.15) is 0 Å². The van der Waals surface area contributed by atoms with E-state index in [0.29, 0.717) is 16.3 Å².